The van der Waals surface area contributed by atoms with Crippen molar-refractivity contribution >= 4 is 44.6 Å². The molecule has 0 aliphatic carbocycles. The third-order valence-electron chi connectivity index (χ3n) is 4.61. The summed E-state index contributed by atoms with van der Waals surface area (Å²) in [5, 5.41) is 3.08. The second kappa shape index (κ2) is 9.01. The molecular weight excluding hydrogens is 465 g/mol. The molecule has 1 aliphatic heterocycles. The first-order chi connectivity index (χ1) is 14.9. The molecule has 0 saturated carbocycles. The topological polar surface area (TPSA) is 88.6 Å². The number of carbonyl (C=O) groups is 1. The van der Waals surface area contributed by atoms with E-state index in [9.17, 15) is 17.6 Å². The molecule has 0 unspecified atom stereocenters. The number of hydrogen-bond acceptors (Lipinski definition) is 6. The molecule has 0 spiro atoms. The van der Waals surface area contributed by atoms with Crippen molar-refractivity contribution in [2.75, 3.05) is 31.6 Å². The van der Waals surface area contributed by atoms with Gasteiger partial charge in [-0.1, -0.05) is 23.7 Å². The van der Waals surface area contributed by atoms with Gasteiger partial charge in [0.25, 0.3) is 5.91 Å². The largest absolute Gasteiger partial charge is 0.379 e. The number of hydrogen-bond donors (Lipinski definition) is 1. The molecule has 4 rings (SSSR count). The van der Waals surface area contributed by atoms with Crippen LogP contribution in [0.1, 0.15) is 9.67 Å². The zero-order chi connectivity index (χ0) is 22.0. The van der Waals surface area contributed by atoms with E-state index in [0.29, 0.717) is 23.8 Å². The number of rotatable bonds is 5. The van der Waals surface area contributed by atoms with Gasteiger partial charge in [-0.05, 0) is 30.3 Å². The van der Waals surface area contributed by atoms with E-state index >= 15 is 0 Å². The Labute approximate surface area is 187 Å². The lowest BCUT2D eigenvalue weighted by Crippen LogP contribution is -2.40. The summed E-state index contributed by atoms with van der Waals surface area (Å²) in [4.78, 5) is 16.9. The van der Waals surface area contributed by atoms with Gasteiger partial charge in [-0.15, -0.1) is 11.3 Å². The minimum atomic E-state index is -3.83. The van der Waals surface area contributed by atoms with Crippen molar-refractivity contribution in [1.82, 2.24) is 9.29 Å². The van der Waals surface area contributed by atoms with E-state index in [1.807, 2.05) is 0 Å². The van der Waals surface area contributed by atoms with Gasteiger partial charge >= 0.3 is 0 Å². The van der Waals surface area contributed by atoms with Crippen molar-refractivity contribution in [2.45, 2.75) is 4.90 Å². The van der Waals surface area contributed by atoms with Gasteiger partial charge in [0.05, 0.1) is 24.4 Å². The molecule has 1 amide bonds. The number of thiazole rings is 1. The molecule has 2 heterocycles. The Kier molecular flexibility index (Phi) is 6.35. The van der Waals surface area contributed by atoms with Crippen LogP contribution in [-0.4, -0.2) is 49.9 Å². The summed E-state index contributed by atoms with van der Waals surface area (Å²) < 4.78 is 46.3. The first kappa shape index (κ1) is 21.8. The van der Waals surface area contributed by atoms with E-state index in [-0.39, 0.29) is 33.6 Å². The number of ether oxygens (including phenoxy) is 1. The van der Waals surface area contributed by atoms with Crippen molar-refractivity contribution in [3.05, 3.63) is 64.4 Å². The van der Waals surface area contributed by atoms with E-state index < -0.39 is 21.7 Å². The molecule has 2 aromatic carbocycles. The summed E-state index contributed by atoms with van der Waals surface area (Å²) in [5.74, 6) is -0.920. The number of carbonyl (C=O) groups excluding carboxylic acids is 1. The zero-order valence-corrected chi connectivity index (χ0v) is 18.4. The number of amides is 1. The third-order valence-corrected chi connectivity index (χ3v) is 8.02. The fourth-order valence-corrected chi connectivity index (χ4v) is 5.78. The highest BCUT2D eigenvalue weighted by atomic mass is 35.5. The second-order valence-corrected chi connectivity index (χ2v) is 9.97. The fraction of sp³-hybridized carbons (Fsp3) is 0.200. The van der Waals surface area contributed by atoms with Crippen molar-refractivity contribution < 1.29 is 22.3 Å². The Hall–Kier alpha value is -2.37. The molecule has 0 bridgehead atoms. The monoisotopic (exact) mass is 481 g/mol. The highest BCUT2D eigenvalue weighted by Gasteiger charge is 2.28. The number of nitrogens with one attached hydrogen (secondary N) is 1. The summed E-state index contributed by atoms with van der Waals surface area (Å²) in [6, 6.07) is 10.4. The fourth-order valence-electron chi connectivity index (χ4n) is 3.04. The summed E-state index contributed by atoms with van der Waals surface area (Å²) in [6.45, 7) is 1.08. The van der Waals surface area contributed by atoms with E-state index in [1.165, 1.54) is 34.8 Å². The van der Waals surface area contributed by atoms with Crippen molar-refractivity contribution in [3.63, 3.8) is 0 Å². The normalized spacial score (nSPS) is 15.0. The maximum atomic E-state index is 14.0. The van der Waals surface area contributed by atoms with Crippen LogP contribution in [0.5, 0.6) is 0 Å². The number of benzene rings is 2. The molecule has 1 fully saturated rings. The quantitative estimate of drug-likeness (QED) is 0.597. The van der Waals surface area contributed by atoms with Gasteiger partial charge in [0.2, 0.25) is 10.0 Å². The van der Waals surface area contributed by atoms with Crippen molar-refractivity contribution in [3.8, 4) is 10.6 Å². The number of halogens is 2. The average molecular weight is 482 g/mol. The molecule has 1 saturated heterocycles. The van der Waals surface area contributed by atoms with Gasteiger partial charge in [0.1, 0.15) is 20.6 Å². The SMILES string of the molecule is O=C(Nc1ccc(Cl)c(S(=O)(=O)N2CCOCC2)c1)c1cnc(-c2ccccc2F)s1. The Morgan fingerprint density at radius 3 is 2.68 bits per heavy atom. The standard InChI is InChI=1S/C20H17ClFN3O4S2/c21-15-6-5-13(11-18(15)31(27,28)25-7-9-29-10-8-25)24-19(26)17-12-23-20(30-17)14-3-1-2-4-16(14)22/h1-6,11-12H,7-10H2,(H,24,26). The molecule has 1 aliphatic rings. The van der Waals surface area contributed by atoms with Gasteiger partial charge in [0.15, 0.2) is 0 Å². The summed E-state index contributed by atoms with van der Waals surface area (Å²) in [6.07, 6.45) is 1.35. The van der Waals surface area contributed by atoms with Crippen LogP contribution in [-0.2, 0) is 14.8 Å². The number of nitrogens with zero attached hydrogens (tertiary/aromatic N) is 2. The molecule has 162 valence electrons. The third kappa shape index (κ3) is 4.63. The van der Waals surface area contributed by atoms with E-state index in [1.54, 1.807) is 18.2 Å². The lowest BCUT2D eigenvalue weighted by molar-refractivity contribution is 0.0730. The van der Waals surface area contributed by atoms with Gasteiger partial charge in [-0.3, -0.25) is 4.79 Å². The molecule has 0 radical (unpaired) electrons. The van der Waals surface area contributed by atoms with E-state index in [2.05, 4.69) is 10.3 Å². The number of aromatic nitrogens is 1. The Bertz CT molecular complexity index is 1230. The Balaban J connectivity index is 1.56. The number of sulfonamides is 1. The van der Waals surface area contributed by atoms with Crippen LogP contribution in [0.2, 0.25) is 5.02 Å². The summed E-state index contributed by atoms with van der Waals surface area (Å²) in [5.41, 5.74) is 0.569. The summed E-state index contributed by atoms with van der Waals surface area (Å²) >= 11 is 7.18. The van der Waals surface area contributed by atoms with Gasteiger partial charge in [-0.25, -0.2) is 17.8 Å². The predicted molar refractivity (Wildman–Crippen MR) is 116 cm³/mol. The van der Waals surface area contributed by atoms with E-state index in [0.717, 1.165) is 11.3 Å². The van der Waals surface area contributed by atoms with Gasteiger partial charge < -0.3 is 10.1 Å². The lowest BCUT2D eigenvalue weighted by atomic mass is 10.2. The Morgan fingerprint density at radius 1 is 1.19 bits per heavy atom. The van der Waals surface area contributed by atoms with Crippen LogP contribution in [0.15, 0.2) is 53.6 Å². The summed E-state index contributed by atoms with van der Waals surface area (Å²) in [7, 11) is -3.83. The molecule has 11 heteroatoms. The van der Waals surface area contributed by atoms with Crippen LogP contribution in [0.3, 0.4) is 0 Å². The first-order valence-electron chi connectivity index (χ1n) is 9.26. The molecule has 1 N–H and O–H groups in total. The second-order valence-electron chi connectivity index (χ2n) is 6.63. The van der Waals surface area contributed by atoms with Crippen LogP contribution in [0.25, 0.3) is 10.6 Å². The minimum absolute atomic E-state index is 0.0594. The van der Waals surface area contributed by atoms with Crippen LogP contribution in [0, 0.1) is 5.82 Å². The molecule has 1 aromatic heterocycles. The zero-order valence-electron chi connectivity index (χ0n) is 16.0. The van der Waals surface area contributed by atoms with Crippen LogP contribution in [0.4, 0.5) is 10.1 Å². The van der Waals surface area contributed by atoms with Gasteiger partial charge in [-0.2, -0.15) is 4.31 Å². The van der Waals surface area contributed by atoms with Crippen molar-refractivity contribution in [1.29, 1.82) is 0 Å². The lowest BCUT2D eigenvalue weighted by Gasteiger charge is -2.26. The maximum Gasteiger partial charge on any atom is 0.267 e. The van der Waals surface area contributed by atoms with Gasteiger partial charge in [0, 0.05) is 24.3 Å². The molecule has 3 aromatic rings. The minimum Gasteiger partial charge on any atom is -0.379 e. The van der Waals surface area contributed by atoms with E-state index in [4.69, 9.17) is 16.3 Å². The smallest absolute Gasteiger partial charge is 0.267 e. The first-order valence-corrected chi connectivity index (χ1v) is 11.9. The van der Waals surface area contributed by atoms with Crippen LogP contribution >= 0.6 is 22.9 Å². The van der Waals surface area contributed by atoms with Crippen LogP contribution < -0.4 is 5.32 Å². The predicted octanol–water partition coefficient (Wildman–Crippen LogP) is 3.88. The number of morpholine rings is 1. The highest BCUT2D eigenvalue weighted by Crippen LogP contribution is 2.30. The Morgan fingerprint density at radius 2 is 1.94 bits per heavy atom. The maximum absolute atomic E-state index is 14.0. The van der Waals surface area contributed by atoms with Crippen molar-refractivity contribution in [2.24, 2.45) is 0 Å². The highest BCUT2D eigenvalue weighted by molar-refractivity contribution is 7.89. The number of anilines is 1. The average Bonchev–Trinajstić information content (AvgIpc) is 3.26. The molecule has 31 heavy (non-hydrogen) atoms. The molecule has 7 nitrogen and oxygen atoms in total. The molecule has 0 atom stereocenters. The molecular formula is C20H17ClFN3O4S2.